The van der Waals surface area contributed by atoms with E-state index in [4.69, 9.17) is 39.9 Å². The Morgan fingerprint density at radius 1 is 0.500 bits per heavy atom. The molecule has 0 unspecified atom stereocenters. The maximum Gasteiger partial charge on any atom is 0.150 e. The molecular formula is C36H25IO3. The van der Waals surface area contributed by atoms with Gasteiger partial charge in [-0.25, -0.2) is 0 Å². The molecular weight excluding hydrogens is 607 g/mol. The van der Waals surface area contributed by atoms with Crippen LogP contribution >= 0.6 is 22.6 Å². The summed E-state index contributed by atoms with van der Waals surface area (Å²) in [6, 6.07) is 11.0. The zero-order valence-electron chi connectivity index (χ0n) is 22.5. The first kappa shape index (κ1) is 29.7. The number of hydrogen-bond acceptors (Lipinski definition) is 3. The van der Waals surface area contributed by atoms with Crippen LogP contribution < -0.4 is 14.2 Å². The van der Waals surface area contributed by atoms with E-state index in [0.717, 1.165) is 3.57 Å². The van der Waals surface area contributed by atoms with Crippen molar-refractivity contribution in [3.8, 4) is 90.3 Å². The van der Waals surface area contributed by atoms with Gasteiger partial charge < -0.3 is 14.2 Å². The van der Waals surface area contributed by atoms with Crippen molar-refractivity contribution >= 4 is 22.6 Å². The smallest absolute Gasteiger partial charge is 0.150 e. The summed E-state index contributed by atoms with van der Waals surface area (Å²) in [6.07, 6.45) is 22.9. The van der Waals surface area contributed by atoms with Gasteiger partial charge >= 0.3 is 0 Å². The van der Waals surface area contributed by atoms with Crippen LogP contribution in [0.25, 0.3) is 0 Å². The average Bonchev–Trinajstić information content (AvgIpc) is 2.96. The maximum absolute atomic E-state index is 6.00. The second-order valence-electron chi connectivity index (χ2n) is 8.01. The zero-order chi connectivity index (χ0) is 29.1. The molecule has 0 saturated carbocycles. The maximum atomic E-state index is 6.00. The SMILES string of the molecule is C#Cc1cc(C#Cc2cc(I)cc(C#Cc3cc(C#C)c(OCC)c(C#C)c3)c2OCC)cc(C#C)c1OCC. The van der Waals surface area contributed by atoms with Crippen LogP contribution in [0.4, 0.5) is 0 Å². The molecule has 3 rings (SSSR count). The number of halogens is 1. The second kappa shape index (κ2) is 14.3. The predicted molar refractivity (Wildman–Crippen MR) is 169 cm³/mol. The van der Waals surface area contributed by atoms with E-state index in [2.05, 4.69) is 70.0 Å². The van der Waals surface area contributed by atoms with E-state index in [-0.39, 0.29) is 0 Å². The lowest BCUT2D eigenvalue weighted by atomic mass is 10.0. The van der Waals surface area contributed by atoms with E-state index in [0.29, 0.717) is 81.6 Å². The summed E-state index contributed by atoms with van der Waals surface area (Å²) in [4.78, 5) is 0. The van der Waals surface area contributed by atoms with Gasteiger partial charge in [-0.1, -0.05) is 47.4 Å². The van der Waals surface area contributed by atoms with Gasteiger partial charge in [-0.05, 0) is 79.8 Å². The van der Waals surface area contributed by atoms with Gasteiger partial charge in [0.1, 0.15) is 0 Å². The van der Waals surface area contributed by atoms with Crippen molar-refractivity contribution < 1.29 is 14.2 Å². The van der Waals surface area contributed by atoms with Crippen LogP contribution in [0.3, 0.4) is 0 Å². The Morgan fingerprint density at radius 3 is 1.07 bits per heavy atom. The Kier molecular flexibility index (Phi) is 10.7. The normalized spacial score (nSPS) is 9.30. The Hall–Kier alpha value is -4.85. The molecule has 0 atom stereocenters. The van der Waals surface area contributed by atoms with Gasteiger partial charge in [-0.3, -0.25) is 0 Å². The minimum Gasteiger partial charge on any atom is -0.491 e. The van der Waals surface area contributed by atoms with Gasteiger partial charge in [0.15, 0.2) is 17.2 Å². The van der Waals surface area contributed by atoms with E-state index in [1.165, 1.54) is 0 Å². The lowest BCUT2D eigenvalue weighted by Gasteiger charge is -2.11. The summed E-state index contributed by atoms with van der Waals surface area (Å²) in [5, 5.41) is 0. The van der Waals surface area contributed by atoms with Crippen molar-refractivity contribution in [1.29, 1.82) is 0 Å². The molecule has 194 valence electrons. The molecule has 0 spiro atoms. The molecule has 0 bridgehead atoms. The van der Waals surface area contributed by atoms with Crippen molar-refractivity contribution in [1.82, 2.24) is 0 Å². The van der Waals surface area contributed by atoms with Gasteiger partial charge in [0.2, 0.25) is 0 Å². The van der Waals surface area contributed by atoms with Crippen molar-refractivity contribution in [2.45, 2.75) is 20.8 Å². The van der Waals surface area contributed by atoms with Gasteiger partial charge in [-0.2, -0.15) is 0 Å². The molecule has 3 nitrogen and oxygen atoms in total. The summed E-state index contributed by atoms with van der Waals surface area (Å²) in [5.74, 6) is 24.9. The van der Waals surface area contributed by atoms with E-state index >= 15 is 0 Å². The molecule has 0 saturated heterocycles. The van der Waals surface area contributed by atoms with Crippen molar-refractivity contribution in [2.75, 3.05) is 19.8 Å². The number of hydrogen-bond donors (Lipinski definition) is 0. The third-order valence-electron chi connectivity index (χ3n) is 5.40. The zero-order valence-corrected chi connectivity index (χ0v) is 24.7. The number of terminal acetylenes is 4. The Balaban J connectivity index is 2.13. The third-order valence-corrected chi connectivity index (χ3v) is 6.03. The Bertz CT molecular complexity index is 1550. The lowest BCUT2D eigenvalue weighted by molar-refractivity contribution is 0.338. The first-order valence-corrected chi connectivity index (χ1v) is 13.5. The van der Waals surface area contributed by atoms with E-state index in [9.17, 15) is 0 Å². The fourth-order valence-electron chi connectivity index (χ4n) is 3.79. The molecule has 0 N–H and O–H groups in total. The summed E-state index contributed by atoms with van der Waals surface area (Å²) in [7, 11) is 0. The monoisotopic (exact) mass is 632 g/mol. The molecule has 0 amide bonds. The predicted octanol–water partition coefficient (Wildman–Crippen LogP) is 6.21. The molecule has 0 aliphatic carbocycles. The number of ether oxygens (including phenoxy) is 3. The molecule has 3 aromatic carbocycles. The summed E-state index contributed by atoms with van der Waals surface area (Å²) < 4.78 is 18.3. The molecule has 40 heavy (non-hydrogen) atoms. The second-order valence-corrected chi connectivity index (χ2v) is 9.25. The molecule has 0 aromatic heterocycles. The summed E-state index contributed by atoms with van der Waals surface area (Å²) >= 11 is 2.23. The topological polar surface area (TPSA) is 27.7 Å². The highest BCUT2D eigenvalue weighted by atomic mass is 127. The van der Waals surface area contributed by atoms with Crippen molar-refractivity contribution in [3.63, 3.8) is 0 Å². The minimum atomic E-state index is 0.432. The summed E-state index contributed by atoms with van der Waals surface area (Å²) in [6.45, 7) is 6.98. The highest BCUT2D eigenvalue weighted by molar-refractivity contribution is 14.1. The highest BCUT2D eigenvalue weighted by Crippen LogP contribution is 2.29. The van der Waals surface area contributed by atoms with Gasteiger partial charge in [-0.15, -0.1) is 25.7 Å². The van der Waals surface area contributed by atoms with Gasteiger partial charge in [0.25, 0.3) is 0 Å². The Morgan fingerprint density at radius 2 is 0.800 bits per heavy atom. The molecule has 0 radical (unpaired) electrons. The van der Waals surface area contributed by atoms with Crippen LogP contribution in [0, 0.1) is 76.6 Å². The molecule has 0 aliphatic rings. The average molecular weight is 632 g/mol. The molecule has 0 heterocycles. The van der Waals surface area contributed by atoms with Gasteiger partial charge in [0, 0.05) is 14.7 Å². The molecule has 0 aliphatic heterocycles. The van der Waals surface area contributed by atoms with Gasteiger partial charge in [0.05, 0.1) is 53.2 Å². The number of benzene rings is 3. The van der Waals surface area contributed by atoms with Crippen molar-refractivity contribution in [3.05, 3.63) is 84.5 Å². The van der Waals surface area contributed by atoms with Crippen LogP contribution in [0.5, 0.6) is 17.2 Å². The lowest BCUT2D eigenvalue weighted by Crippen LogP contribution is -2.00. The number of rotatable bonds is 6. The standard InChI is InChI=1S/C36H25IO3/c1-8-27-19-25(20-28(9-2)34(27)38-12-5)15-17-31-23-33(37)24-32(36(31)40-14-7)18-16-26-21-29(10-3)35(39-13-6)30(11-4)22-26/h1-4,19-24H,12-14H2,5-7H3. The largest absolute Gasteiger partial charge is 0.491 e. The van der Waals surface area contributed by atoms with Crippen LogP contribution in [0.2, 0.25) is 0 Å². The Labute approximate surface area is 251 Å². The first-order chi connectivity index (χ1) is 19.4. The van der Waals surface area contributed by atoms with E-state index in [1.54, 1.807) is 24.3 Å². The quantitative estimate of drug-likeness (QED) is 0.239. The fraction of sp³-hybridized carbons (Fsp3) is 0.167. The van der Waals surface area contributed by atoms with E-state index < -0.39 is 0 Å². The van der Waals surface area contributed by atoms with Crippen LogP contribution in [-0.4, -0.2) is 19.8 Å². The minimum absolute atomic E-state index is 0.432. The molecule has 0 fully saturated rings. The first-order valence-electron chi connectivity index (χ1n) is 12.4. The fourth-order valence-corrected chi connectivity index (χ4v) is 4.41. The highest BCUT2D eigenvalue weighted by Gasteiger charge is 2.12. The van der Waals surface area contributed by atoms with Crippen LogP contribution in [0.1, 0.15) is 65.3 Å². The third kappa shape index (κ3) is 6.96. The van der Waals surface area contributed by atoms with Crippen molar-refractivity contribution in [2.24, 2.45) is 0 Å². The molecule has 3 aromatic rings. The molecule has 4 heteroatoms. The van der Waals surface area contributed by atoms with Crippen LogP contribution in [0.15, 0.2) is 36.4 Å². The van der Waals surface area contributed by atoms with Crippen LogP contribution in [-0.2, 0) is 0 Å². The van der Waals surface area contributed by atoms with E-state index in [1.807, 2.05) is 32.9 Å². The summed E-state index contributed by atoms with van der Waals surface area (Å²) in [5.41, 5.74) is 4.88.